The molecule has 0 saturated carbocycles. The zero-order chi connectivity index (χ0) is 14.2. The van der Waals surface area contributed by atoms with Gasteiger partial charge in [0.2, 0.25) is 0 Å². The summed E-state index contributed by atoms with van der Waals surface area (Å²) >= 11 is 0. The van der Waals surface area contributed by atoms with Crippen molar-refractivity contribution in [1.82, 2.24) is 9.55 Å². The van der Waals surface area contributed by atoms with Crippen molar-refractivity contribution in [3.63, 3.8) is 0 Å². The molecule has 4 heteroatoms. The van der Waals surface area contributed by atoms with Crippen molar-refractivity contribution in [2.45, 2.75) is 26.2 Å². The molecule has 1 heterocycles. The van der Waals surface area contributed by atoms with Crippen LogP contribution in [0.4, 0.5) is 0 Å². The molecular weight excluding hydrogens is 240 g/mol. The van der Waals surface area contributed by atoms with E-state index in [-0.39, 0.29) is 11.1 Å². The topological polar surface area (TPSA) is 55.1 Å². The number of aromatic carboxylic acids is 1. The lowest BCUT2D eigenvalue weighted by Gasteiger charge is -2.19. The number of carboxylic acids is 1. The number of nitrogens with zero attached hydrogens (tertiary/aromatic N) is 2. The summed E-state index contributed by atoms with van der Waals surface area (Å²) in [5, 5.41) is 9.02. The minimum Gasteiger partial charge on any atom is -0.477 e. The van der Waals surface area contributed by atoms with Gasteiger partial charge in [0, 0.05) is 12.6 Å². The zero-order valence-electron chi connectivity index (χ0n) is 11.6. The van der Waals surface area contributed by atoms with Gasteiger partial charge in [-0.15, -0.1) is 0 Å². The van der Waals surface area contributed by atoms with Crippen LogP contribution in [0.1, 0.15) is 36.8 Å². The molecular formula is C15H18N2O2. The van der Waals surface area contributed by atoms with Crippen LogP contribution < -0.4 is 0 Å². The Hall–Kier alpha value is -2.10. The summed E-state index contributed by atoms with van der Waals surface area (Å²) in [7, 11) is 1.71. The van der Waals surface area contributed by atoms with Crippen molar-refractivity contribution in [2.75, 3.05) is 0 Å². The molecule has 1 aromatic carbocycles. The largest absolute Gasteiger partial charge is 0.477 e. The Bertz CT molecular complexity index is 604. The number of rotatable bonds is 2. The van der Waals surface area contributed by atoms with E-state index in [1.165, 1.54) is 11.8 Å². The highest BCUT2D eigenvalue weighted by Gasteiger charge is 2.16. The molecule has 19 heavy (non-hydrogen) atoms. The Labute approximate surface area is 112 Å². The van der Waals surface area contributed by atoms with Crippen LogP contribution in [0.25, 0.3) is 11.4 Å². The van der Waals surface area contributed by atoms with Crippen molar-refractivity contribution in [2.24, 2.45) is 7.05 Å². The fourth-order valence-corrected chi connectivity index (χ4v) is 2.00. The molecule has 2 rings (SSSR count). The van der Waals surface area contributed by atoms with E-state index >= 15 is 0 Å². The van der Waals surface area contributed by atoms with Crippen molar-refractivity contribution in [3.8, 4) is 11.4 Å². The number of benzene rings is 1. The first kappa shape index (κ1) is 13.3. The normalized spacial score (nSPS) is 11.6. The number of carboxylic acid groups (broad SMARTS) is 1. The van der Waals surface area contributed by atoms with Crippen LogP contribution in [0, 0.1) is 0 Å². The molecule has 0 amide bonds. The quantitative estimate of drug-likeness (QED) is 0.900. The first-order valence-corrected chi connectivity index (χ1v) is 6.16. The lowest BCUT2D eigenvalue weighted by molar-refractivity contribution is 0.0686. The average Bonchev–Trinajstić information content (AvgIpc) is 2.70. The minimum absolute atomic E-state index is 0.104. The fraction of sp³-hybridized carbons (Fsp3) is 0.333. The molecule has 0 aliphatic rings. The standard InChI is InChI=1S/C15H18N2O2/c1-15(2,3)11-7-5-10(6-8-11)13-16-9-12(14(18)19)17(13)4/h5-9H,1-4H3,(H,18,19). The SMILES string of the molecule is Cn1c(C(=O)O)cnc1-c1ccc(C(C)(C)C)cc1. The molecule has 0 radical (unpaired) electrons. The molecule has 0 saturated heterocycles. The molecule has 0 bridgehead atoms. The van der Waals surface area contributed by atoms with Crippen molar-refractivity contribution >= 4 is 5.97 Å². The first-order chi connectivity index (χ1) is 8.80. The van der Waals surface area contributed by atoms with Crippen LogP contribution in [0.2, 0.25) is 0 Å². The van der Waals surface area contributed by atoms with Gasteiger partial charge in [-0.3, -0.25) is 0 Å². The van der Waals surface area contributed by atoms with E-state index in [9.17, 15) is 4.79 Å². The molecule has 0 aliphatic carbocycles. The first-order valence-electron chi connectivity index (χ1n) is 6.16. The van der Waals surface area contributed by atoms with Crippen molar-refractivity contribution in [3.05, 3.63) is 41.7 Å². The van der Waals surface area contributed by atoms with Crippen LogP contribution >= 0.6 is 0 Å². The number of carbonyl (C=O) groups is 1. The lowest BCUT2D eigenvalue weighted by Crippen LogP contribution is -2.10. The summed E-state index contributed by atoms with van der Waals surface area (Å²) in [6.45, 7) is 6.47. The molecule has 0 spiro atoms. The fourth-order valence-electron chi connectivity index (χ4n) is 2.00. The summed E-state index contributed by atoms with van der Waals surface area (Å²) in [5.74, 6) is -0.301. The summed E-state index contributed by atoms with van der Waals surface area (Å²) in [5.41, 5.74) is 2.45. The summed E-state index contributed by atoms with van der Waals surface area (Å²) < 4.78 is 1.59. The van der Waals surface area contributed by atoms with Crippen LogP contribution in [0.15, 0.2) is 30.5 Å². The van der Waals surface area contributed by atoms with Gasteiger partial charge < -0.3 is 9.67 Å². The predicted octanol–water partition coefficient (Wildman–Crippen LogP) is 3.08. The lowest BCUT2D eigenvalue weighted by atomic mass is 9.87. The van der Waals surface area contributed by atoms with Crippen LogP contribution in [-0.2, 0) is 12.5 Å². The third-order valence-electron chi connectivity index (χ3n) is 3.22. The second-order valence-corrected chi connectivity index (χ2v) is 5.66. The van der Waals surface area contributed by atoms with E-state index in [0.717, 1.165) is 5.56 Å². The van der Waals surface area contributed by atoms with Gasteiger partial charge >= 0.3 is 5.97 Å². The van der Waals surface area contributed by atoms with Gasteiger partial charge in [-0.2, -0.15) is 0 Å². The van der Waals surface area contributed by atoms with E-state index in [1.807, 2.05) is 12.1 Å². The van der Waals surface area contributed by atoms with Gasteiger partial charge in [0.15, 0.2) is 0 Å². The molecule has 0 unspecified atom stereocenters. The third kappa shape index (κ3) is 2.52. The van der Waals surface area contributed by atoms with E-state index in [2.05, 4.69) is 37.9 Å². The van der Waals surface area contributed by atoms with Gasteiger partial charge in [0.05, 0.1) is 6.20 Å². The number of aromatic nitrogens is 2. The minimum atomic E-state index is -0.965. The van der Waals surface area contributed by atoms with E-state index in [1.54, 1.807) is 11.6 Å². The van der Waals surface area contributed by atoms with Crippen LogP contribution in [0.5, 0.6) is 0 Å². The molecule has 0 atom stereocenters. The Morgan fingerprint density at radius 3 is 2.21 bits per heavy atom. The summed E-state index contributed by atoms with van der Waals surface area (Å²) in [6.07, 6.45) is 1.38. The molecule has 0 aliphatic heterocycles. The Morgan fingerprint density at radius 1 is 1.21 bits per heavy atom. The monoisotopic (exact) mass is 258 g/mol. The second-order valence-electron chi connectivity index (χ2n) is 5.66. The highest BCUT2D eigenvalue weighted by molar-refractivity contribution is 5.86. The number of imidazole rings is 1. The zero-order valence-corrected chi connectivity index (χ0v) is 11.6. The second kappa shape index (κ2) is 4.53. The maximum absolute atomic E-state index is 11.0. The summed E-state index contributed by atoms with van der Waals surface area (Å²) in [6, 6.07) is 8.08. The van der Waals surface area contributed by atoms with E-state index < -0.39 is 5.97 Å². The maximum Gasteiger partial charge on any atom is 0.354 e. The van der Waals surface area contributed by atoms with Gasteiger partial charge in [-0.1, -0.05) is 45.0 Å². The maximum atomic E-state index is 11.0. The molecule has 0 fully saturated rings. The van der Waals surface area contributed by atoms with E-state index in [0.29, 0.717) is 5.82 Å². The highest BCUT2D eigenvalue weighted by Crippen LogP contribution is 2.25. The smallest absolute Gasteiger partial charge is 0.354 e. The van der Waals surface area contributed by atoms with Crippen molar-refractivity contribution < 1.29 is 9.90 Å². The molecule has 1 aromatic heterocycles. The van der Waals surface area contributed by atoms with Gasteiger partial charge in [-0.05, 0) is 11.0 Å². The number of hydrogen-bond donors (Lipinski definition) is 1. The van der Waals surface area contributed by atoms with Gasteiger partial charge in [0.25, 0.3) is 0 Å². The highest BCUT2D eigenvalue weighted by atomic mass is 16.4. The van der Waals surface area contributed by atoms with Gasteiger partial charge in [-0.25, -0.2) is 9.78 Å². The van der Waals surface area contributed by atoms with E-state index in [4.69, 9.17) is 5.11 Å². The average molecular weight is 258 g/mol. The Balaban J connectivity index is 2.41. The van der Waals surface area contributed by atoms with Crippen molar-refractivity contribution in [1.29, 1.82) is 0 Å². The summed E-state index contributed by atoms with van der Waals surface area (Å²) in [4.78, 5) is 15.2. The Morgan fingerprint density at radius 2 is 1.79 bits per heavy atom. The Kier molecular flexibility index (Phi) is 3.18. The third-order valence-corrected chi connectivity index (χ3v) is 3.22. The number of hydrogen-bond acceptors (Lipinski definition) is 2. The molecule has 2 aromatic rings. The van der Waals surface area contributed by atoms with Crippen LogP contribution in [0.3, 0.4) is 0 Å². The predicted molar refractivity (Wildman–Crippen MR) is 74.3 cm³/mol. The van der Waals surface area contributed by atoms with Gasteiger partial charge in [0.1, 0.15) is 11.5 Å². The molecule has 1 N–H and O–H groups in total. The molecule has 4 nitrogen and oxygen atoms in total. The van der Waals surface area contributed by atoms with Crippen LogP contribution in [-0.4, -0.2) is 20.6 Å². The molecule has 100 valence electrons.